The minimum absolute atomic E-state index is 0.864. The molecule has 0 fully saturated rings. The van der Waals surface area contributed by atoms with E-state index in [1.807, 2.05) is 7.05 Å². The average molecular weight is 354 g/mol. The van der Waals surface area contributed by atoms with Crippen LogP contribution in [-0.4, -0.2) is 23.6 Å². The fraction of sp³-hybridized carbons (Fsp3) is 0.467. The highest BCUT2D eigenvalue weighted by Crippen LogP contribution is 2.30. The zero-order valence-corrected chi connectivity index (χ0v) is 14.6. The Hall–Kier alpha value is -0.780. The molecule has 20 heavy (non-hydrogen) atoms. The summed E-state index contributed by atoms with van der Waals surface area (Å²) in [5.41, 5.74) is 3.70. The highest BCUT2D eigenvalue weighted by Gasteiger charge is 2.14. The average Bonchev–Trinajstić information content (AvgIpc) is 2.90. The van der Waals surface area contributed by atoms with E-state index in [0.717, 1.165) is 40.3 Å². The van der Waals surface area contributed by atoms with E-state index in [0.29, 0.717) is 0 Å². The van der Waals surface area contributed by atoms with E-state index in [1.165, 1.54) is 17.0 Å². The van der Waals surface area contributed by atoms with Crippen LogP contribution in [0.5, 0.6) is 0 Å². The van der Waals surface area contributed by atoms with E-state index in [4.69, 9.17) is 9.97 Å². The third kappa shape index (κ3) is 3.45. The lowest BCUT2D eigenvalue weighted by molar-refractivity contribution is 0.760. The highest BCUT2D eigenvalue weighted by molar-refractivity contribution is 9.11. The molecule has 0 bridgehead atoms. The van der Waals surface area contributed by atoms with Crippen LogP contribution in [0.4, 0.5) is 0 Å². The predicted molar refractivity (Wildman–Crippen MR) is 89.4 cm³/mol. The summed E-state index contributed by atoms with van der Waals surface area (Å²) >= 11 is 5.19. The van der Waals surface area contributed by atoms with Crippen molar-refractivity contribution in [1.29, 1.82) is 0 Å². The number of likely N-dealkylation sites (N-methyl/N-ethyl adjacent to an activating group) is 1. The van der Waals surface area contributed by atoms with Gasteiger partial charge < -0.3 is 5.32 Å². The van der Waals surface area contributed by atoms with Crippen LogP contribution in [0, 0.1) is 0 Å². The molecule has 2 aromatic heterocycles. The number of halogens is 1. The standard InChI is InChI=1S/C15H20BrN3S/c1-4-11-10(8-9-17-3)12(5-2)19-15(18-11)13-6-7-14(16)20-13/h6-7,17H,4-5,8-9H2,1-3H3. The Morgan fingerprint density at radius 2 is 1.80 bits per heavy atom. The van der Waals surface area contributed by atoms with Gasteiger partial charge in [0.1, 0.15) is 0 Å². The summed E-state index contributed by atoms with van der Waals surface area (Å²) in [4.78, 5) is 10.7. The van der Waals surface area contributed by atoms with Crippen molar-refractivity contribution in [2.24, 2.45) is 0 Å². The van der Waals surface area contributed by atoms with Crippen LogP contribution in [0.2, 0.25) is 0 Å². The molecule has 0 aromatic carbocycles. The maximum absolute atomic E-state index is 4.79. The van der Waals surface area contributed by atoms with Crippen LogP contribution in [0.25, 0.3) is 10.7 Å². The van der Waals surface area contributed by atoms with E-state index >= 15 is 0 Å². The number of hydrogen-bond acceptors (Lipinski definition) is 4. The maximum atomic E-state index is 4.79. The molecule has 1 N–H and O–H groups in total. The first-order valence-electron chi connectivity index (χ1n) is 6.98. The highest BCUT2D eigenvalue weighted by atomic mass is 79.9. The van der Waals surface area contributed by atoms with Crippen molar-refractivity contribution in [2.45, 2.75) is 33.1 Å². The molecular weight excluding hydrogens is 334 g/mol. The van der Waals surface area contributed by atoms with Crippen molar-refractivity contribution in [3.63, 3.8) is 0 Å². The molecule has 2 aromatic rings. The van der Waals surface area contributed by atoms with Crippen LogP contribution in [0.1, 0.15) is 30.8 Å². The van der Waals surface area contributed by atoms with Gasteiger partial charge in [-0.3, -0.25) is 0 Å². The van der Waals surface area contributed by atoms with E-state index in [1.54, 1.807) is 11.3 Å². The zero-order valence-electron chi connectivity index (χ0n) is 12.2. The van der Waals surface area contributed by atoms with Crippen molar-refractivity contribution < 1.29 is 0 Å². The quantitative estimate of drug-likeness (QED) is 0.856. The summed E-state index contributed by atoms with van der Waals surface area (Å²) in [5, 5.41) is 3.21. The second-order valence-electron chi connectivity index (χ2n) is 4.58. The van der Waals surface area contributed by atoms with Gasteiger partial charge in [0.05, 0.1) is 8.66 Å². The van der Waals surface area contributed by atoms with Gasteiger partial charge in [-0.1, -0.05) is 13.8 Å². The smallest absolute Gasteiger partial charge is 0.169 e. The monoisotopic (exact) mass is 353 g/mol. The molecule has 2 heterocycles. The van der Waals surface area contributed by atoms with E-state index in [-0.39, 0.29) is 0 Å². The summed E-state index contributed by atoms with van der Waals surface area (Å²) in [7, 11) is 1.98. The van der Waals surface area contributed by atoms with Gasteiger partial charge in [-0.05, 0) is 66.5 Å². The molecule has 0 aliphatic heterocycles. The Morgan fingerprint density at radius 1 is 1.15 bits per heavy atom. The lowest BCUT2D eigenvalue weighted by atomic mass is 10.0. The molecule has 0 saturated carbocycles. The van der Waals surface area contributed by atoms with Crippen LogP contribution in [-0.2, 0) is 19.3 Å². The second-order valence-corrected chi connectivity index (χ2v) is 7.05. The summed E-state index contributed by atoms with van der Waals surface area (Å²) in [5.74, 6) is 0.864. The predicted octanol–water partition coefficient (Wildman–Crippen LogP) is 3.85. The lowest BCUT2D eigenvalue weighted by Gasteiger charge is -2.13. The van der Waals surface area contributed by atoms with Crippen molar-refractivity contribution in [2.75, 3.05) is 13.6 Å². The third-order valence-corrected chi connectivity index (χ3v) is 4.89. The Bertz CT molecular complexity index is 555. The first-order chi connectivity index (χ1) is 9.69. The minimum Gasteiger partial charge on any atom is -0.319 e. The van der Waals surface area contributed by atoms with Crippen molar-refractivity contribution >= 4 is 27.3 Å². The largest absolute Gasteiger partial charge is 0.319 e. The summed E-state index contributed by atoms with van der Waals surface area (Å²) in [6, 6.07) is 4.13. The first kappa shape index (κ1) is 15.6. The molecule has 0 unspecified atom stereocenters. The van der Waals surface area contributed by atoms with Crippen molar-refractivity contribution in [1.82, 2.24) is 15.3 Å². The third-order valence-electron chi connectivity index (χ3n) is 3.27. The second kappa shape index (κ2) is 7.29. The fourth-order valence-electron chi connectivity index (χ4n) is 2.25. The van der Waals surface area contributed by atoms with Gasteiger partial charge in [-0.2, -0.15) is 0 Å². The van der Waals surface area contributed by atoms with Crippen LogP contribution < -0.4 is 5.32 Å². The topological polar surface area (TPSA) is 37.8 Å². The molecule has 108 valence electrons. The van der Waals surface area contributed by atoms with Gasteiger partial charge in [0.2, 0.25) is 0 Å². The summed E-state index contributed by atoms with van der Waals surface area (Å²) in [6.45, 7) is 5.30. The minimum atomic E-state index is 0.864. The van der Waals surface area contributed by atoms with Gasteiger partial charge in [-0.25, -0.2) is 9.97 Å². The van der Waals surface area contributed by atoms with Gasteiger partial charge in [0.15, 0.2) is 5.82 Å². The molecule has 3 nitrogen and oxygen atoms in total. The summed E-state index contributed by atoms with van der Waals surface area (Å²) < 4.78 is 1.12. The maximum Gasteiger partial charge on any atom is 0.169 e. The van der Waals surface area contributed by atoms with Crippen molar-refractivity contribution in [3.8, 4) is 10.7 Å². The van der Waals surface area contributed by atoms with E-state index < -0.39 is 0 Å². The number of nitrogens with one attached hydrogen (secondary N) is 1. The fourth-order valence-corrected chi connectivity index (χ4v) is 3.57. The SMILES string of the molecule is CCc1nc(-c2ccc(Br)s2)nc(CC)c1CCNC. The van der Waals surface area contributed by atoms with E-state index in [9.17, 15) is 0 Å². The number of rotatable bonds is 6. The summed E-state index contributed by atoms with van der Waals surface area (Å²) in [6.07, 6.45) is 2.90. The molecule has 0 spiro atoms. The Labute approximate surface area is 133 Å². The van der Waals surface area contributed by atoms with Crippen LogP contribution in [0.3, 0.4) is 0 Å². The Kier molecular flexibility index (Phi) is 5.69. The molecule has 5 heteroatoms. The number of nitrogens with zero attached hydrogens (tertiary/aromatic N) is 2. The number of aromatic nitrogens is 2. The molecule has 0 amide bonds. The number of thiophene rings is 1. The van der Waals surface area contributed by atoms with Crippen LogP contribution >= 0.6 is 27.3 Å². The van der Waals surface area contributed by atoms with Gasteiger partial charge in [0.25, 0.3) is 0 Å². The normalized spacial score (nSPS) is 11.0. The molecule has 0 saturated heterocycles. The van der Waals surface area contributed by atoms with Gasteiger partial charge in [-0.15, -0.1) is 11.3 Å². The number of aryl methyl sites for hydroxylation is 2. The molecule has 2 rings (SSSR count). The molecule has 0 aliphatic rings. The Morgan fingerprint density at radius 3 is 2.25 bits per heavy atom. The van der Waals surface area contributed by atoms with Gasteiger partial charge in [0, 0.05) is 11.4 Å². The van der Waals surface area contributed by atoms with Crippen LogP contribution in [0.15, 0.2) is 15.9 Å². The lowest BCUT2D eigenvalue weighted by Crippen LogP contribution is -2.15. The van der Waals surface area contributed by atoms with Crippen molar-refractivity contribution in [3.05, 3.63) is 32.9 Å². The van der Waals surface area contributed by atoms with E-state index in [2.05, 4.69) is 47.2 Å². The Balaban J connectivity index is 2.46. The first-order valence-corrected chi connectivity index (χ1v) is 8.59. The molecule has 0 radical (unpaired) electrons. The molecular formula is C15H20BrN3S. The number of hydrogen-bond donors (Lipinski definition) is 1. The van der Waals surface area contributed by atoms with Gasteiger partial charge >= 0.3 is 0 Å². The zero-order chi connectivity index (χ0) is 14.5. The molecule has 0 aliphatic carbocycles. The molecule has 0 atom stereocenters.